The van der Waals surface area contributed by atoms with Crippen LogP contribution in [0, 0.1) is 5.92 Å². The van der Waals surface area contributed by atoms with E-state index in [1.54, 1.807) is 0 Å². The van der Waals surface area contributed by atoms with E-state index in [0.717, 1.165) is 17.4 Å². The fourth-order valence-electron chi connectivity index (χ4n) is 2.72. The number of aliphatic carboxylic acids is 1. The first-order valence-electron chi connectivity index (χ1n) is 7.39. The van der Waals surface area contributed by atoms with Crippen molar-refractivity contribution in [1.29, 1.82) is 0 Å². The molecule has 0 amide bonds. The number of hydrogen-bond donors (Lipinski definition) is 1. The Kier molecular flexibility index (Phi) is 3.19. The minimum Gasteiger partial charge on any atom is -0.481 e. The minimum atomic E-state index is -0.699. The Bertz CT molecular complexity index is 548. The molecular formula is C16H21BO4. The van der Waals surface area contributed by atoms with Gasteiger partial charge in [-0.25, -0.2) is 0 Å². The summed E-state index contributed by atoms with van der Waals surface area (Å²) in [5, 5.41) is 8.99. The number of carboxylic acids is 1. The number of benzene rings is 1. The number of rotatable bonds is 3. The van der Waals surface area contributed by atoms with Crippen LogP contribution in [-0.2, 0) is 14.1 Å². The van der Waals surface area contributed by atoms with E-state index in [0.29, 0.717) is 0 Å². The van der Waals surface area contributed by atoms with Crippen molar-refractivity contribution >= 4 is 18.6 Å². The molecule has 1 N–H and O–H groups in total. The first-order valence-corrected chi connectivity index (χ1v) is 7.39. The smallest absolute Gasteiger partial charge is 0.481 e. The van der Waals surface area contributed by atoms with Crippen molar-refractivity contribution < 1.29 is 19.2 Å². The molecule has 2 atom stereocenters. The Morgan fingerprint density at radius 1 is 1.14 bits per heavy atom. The van der Waals surface area contributed by atoms with Crippen molar-refractivity contribution in [3.63, 3.8) is 0 Å². The fourth-order valence-corrected chi connectivity index (χ4v) is 2.72. The van der Waals surface area contributed by atoms with Gasteiger partial charge in [0, 0.05) is 0 Å². The van der Waals surface area contributed by atoms with Gasteiger partial charge in [0.2, 0.25) is 0 Å². The summed E-state index contributed by atoms with van der Waals surface area (Å²) in [6.07, 6.45) is 0.741. The van der Waals surface area contributed by atoms with E-state index in [4.69, 9.17) is 14.4 Å². The van der Waals surface area contributed by atoms with Crippen LogP contribution in [0.2, 0.25) is 0 Å². The average Bonchev–Trinajstić information content (AvgIpc) is 3.14. The van der Waals surface area contributed by atoms with Crippen molar-refractivity contribution in [1.82, 2.24) is 0 Å². The summed E-state index contributed by atoms with van der Waals surface area (Å²) < 4.78 is 12.0. The molecule has 1 aromatic rings. The summed E-state index contributed by atoms with van der Waals surface area (Å²) in [6.45, 7) is 8.12. The average molecular weight is 288 g/mol. The zero-order valence-corrected chi connectivity index (χ0v) is 12.9. The van der Waals surface area contributed by atoms with Crippen molar-refractivity contribution in [2.75, 3.05) is 0 Å². The Labute approximate surface area is 125 Å². The predicted octanol–water partition coefficient (Wildman–Crippen LogP) is 2.17. The van der Waals surface area contributed by atoms with Crippen LogP contribution in [0.1, 0.15) is 45.6 Å². The molecule has 1 aromatic carbocycles. The summed E-state index contributed by atoms with van der Waals surface area (Å²) in [5.74, 6) is -0.752. The molecule has 0 unspecified atom stereocenters. The third kappa shape index (κ3) is 2.49. The second-order valence-corrected chi connectivity index (χ2v) is 7.04. The molecule has 0 aromatic heterocycles. The monoisotopic (exact) mass is 288 g/mol. The van der Waals surface area contributed by atoms with Crippen LogP contribution in [0.4, 0.5) is 0 Å². The normalized spacial score (nSPS) is 29.4. The van der Waals surface area contributed by atoms with Crippen molar-refractivity contribution in [2.45, 2.75) is 51.2 Å². The third-order valence-corrected chi connectivity index (χ3v) is 5.00. The van der Waals surface area contributed by atoms with E-state index >= 15 is 0 Å². The predicted molar refractivity (Wildman–Crippen MR) is 80.6 cm³/mol. The zero-order chi connectivity index (χ0) is 15.4. The summed E-state index contributed by atoms with van der Waals surface area (Å²) in [7, 11) is -0.362. The molecule has 112 valence electrons. The van der Waals surface area contributed by atoms with Crippen LogP contribution in [0.25, 0.3) is 0 Å². The largest absolute Gasteiger partial charge is 0.494 e. The highest BCUT2D eigenvalue weighted by Crippen LogP contribution is 2.47. The maximum Gasteiger partial charge on any atom is 0.494 e. The van der Waals surface area contributed by atoms with E-state index in [9.17, 15) is 4.79 Å². The summed E-state index contributed by atoms with van der Waals surface area (Å²) in [5.41, 5.74) is 1.37. The van der Waals surface area contributed by atoms with Crippen molar-refractivity contribution in [2.24, 2.45) is 5.92 Å². The van der Waals surface area contributed by atoms with Crippen LogP contribution >= 0.6 is 0 Å². The lowest BCUT2D eigenvalue weighted by Crippen LogP contribution is -2.41. The summed E-state index contributed by atoms with van der Waals surface area (Å²) in [6, 6.07) is 7.95. The van der Waals surface area contributed by atoms with Crippen LogP contribution < -0.4 is 5.46 Å². The molecule has 1 aliphatic heterocycles. The molecular weight excluding hydrogens is 267 g/mol. The molecule has 4 nitrogen and oxygen atoms in total. The summed E-state index contributed by atoms with van der Waals surface area (Å²) >= 11 is 0. The van der Waals surface area contributed by atoms with Gasteiger partial charge in [0.25, 0.3) is 0 Å². The molecule has 0 bridgehead atoms. The van der Waals surface area contributed by atoms with E-state index in [-0.39, 0.29) is 30.2 Å². The van der Waals surface area contributed by atoms with E-state index in [2.05, 4.69) is 0 Å². The van der Waals surface area contributed by atoms with Crippen LogP contribution in [0.5, 0.6) is 0 Å². The number of hydrogen-bond acceptors (Lipinski definition) is 3. The van der Waals surface area contributed by atoms with Gasteiger partial charge in [-0.2, -0.15) is 0 Å². The van der Waals surface area contributed by atoms with Crippen molar-refractivity contribution in [3.8, 4) is 0 Å². The molecule has 1 saturated carbocycles. The first kappa shape index (κ1) is 14.6. The van der Waals surface area contributed by atoms with Gasteiger partial charge >= 0.3 is 13.1 Å². The molecule has 0 spiro atoms. The van der Waals surface area contributed by atoms with Gasteiger partial charge in [0.15, 0.2) is 0 Å². The molecule has 1 saturated heterocycles. The quantitative estimate of drug-likeness (QED) is 0.866. The van der Waals surface area contributed by atoms with Crippen molar-refractivity contribution in [3.05, 3.63) is 29.8 Å². The second kappa shape index (κ2) is 4.58. The van der Waals surface area contributed by atoms with Gasteiger partial charge in [-0.3, -0.25) is 4.79 Å². The highest BCUT2D eigenvalue weighted by Gasteiger charge is 2.51. The molecule has 0 radical (unpaired) electrons. The maximum atomic E-state index is 10.9. The Balaban J connectivity index is 1.73. The Morgan fingerprint density at radius 3 is 2.10 bits per heavy atom. The SMILES string of the molecule is CC1(C)OB(c2ccc([C@H]3C[C@H]3C(=O)O)cc2)OC1(C)C. The van der Waals surface area contributed by atoms with Gasteiger partial charge in [-0.1, -0.05) is 24.3 Å². The highest BCUT2D eigenvalue weighted by atomic mass is 16.7. The molecule has 3 rings (SSSR count). The fraction of sp³-hybridized carbons (Fsp3) is 0.562. The lowest BCUT2D eigenvalue weighted by Gasteiger charge is -2.32. The second-order valence-electron chi connectivity index (χ2n) is 7.04. The number of carboxylic acid groups (broad SMARTS) is 1. The Hall–Kier alpha value is -1.33. The van der Waals surface area contributed by atoms with Crippen LogP contribution in [0.15, 0.2) is 24.3 Å². The van der Waals surface area contributed by atoms with E-state index < -0.39 is 5.97 Å². The van der Waals surface area contributed by atoms with Gasteiger partial charge in [0.05, 0.1) is 17.1 Å². The molecule has 2 fully saturated rings. The van der Waals surface area contributed by atoms with Gasteiger partial charge in [-0.05, 0) is 51.1 Å². The minimum absolute atomic E-state index is 0.162. The standard InChI is InChI=1S/C16H21BO4/c1-15(2)16(3,4)21-17(20-15)11-7-5-10(6-8-11)12-9-13(12)14(18)19/h5-8,12-13H,9H2,1-4H3,(H,18,19)/t12-,13-/m1/s1. The third-order valence-electron chi connectivity index (χ3n) is 5.00. The molecule has 2 aliphatic rings. The van der Waals surface area contributed by atoms with Crippen LogP contribution in [0.3, 0.4) is 0 Å². The highest BCUT2D eigenvalue weighted by molar-refractivity contribution is 6.62. The Morgan fingerprint density at radius 2 is 1.67 bits per heavy atom. The zero-order valence-electron chi connectivity index (χ0n) is 12.9. The molecule has 5 heteroatoms. The lowest BCUT2D eigenvalue weighted by molar-refractivity contribution is -0.138. The van der Waals surface area contributed by atoms with Crippen LogP contribution in [-0.4, -0.2) is 29.4 Å². The molecule has 1 heterocycles. The maximum absolute atomic E-state index is 10.9. The lowest BCUT2D eigenvalue weighted by atomic mass is 9.78. The molecule has 1 aliphatic carbocycles. The number of carbonyl (C=O) groups is 1. The first-order chi connectivity index (χ1) is 9.71. The van der Waals surface area contributed by atoms with E-state index in [1.807, 2.05) is 52.0 Å². The van der Waals surface area contributed by atoms with E-state index in [1.165, 1.54) is 0 Å². The summed E-state index contributed by atoms with van der Waals surface area (Å²) in [4.78, 5) is 10.9. The topological polar surface area (TPSA) is 55.8 Å². The van der Waals surface area contributed by atoms with Gasteiger partial charge in [-0.15, -0.1) is 0 Å². The van der Waals surface area contributed by atoms with Gasteiger partial charge in [0.1, 0.15) is 0 Å². The van der Waals surface area contributed by atoms with Gasteiger partial charge < -0.3 is 14.4 Å². The molecule has 21 heavy (non-hydrogen) atoms.